The summed E-state index contributed by atoms with van der Waals surface area (Å²) in [4.78, 5) is 29.4. The Bertz CT molecular complexity index is 768. The van der Waals surface area contributed by atoms with E-state index in [2.05, 4.69) is 4.90 Å². The van der Waals surface area contributed by atoms with Gasteiger partial charge in [0.1, 0.15) is 0 Å². The zero-order chi connectivity index (χ0) is 17.2. The van der Waals surface area contributed by atoms with Crippen LogP contribution >= 0.6 is 0 Å². The molecule has 0 aromatic heterocycles. The van der Waals surface area contributed by atoms with Crippen molar-refractivity contribution in [2.24, 2.45) is 11.8 Å². The van der Waals surface area contributed by atoms with Crippen LogP contribution in [0.5, 0.6) is 0 Å². The first-order chi connectivity index (χ1) is 12.1. The maximum atomic E-state index is 12.9. The fourth-order valence-corrected chi connectivity index (χ4v) is 4.54. The molecule has 3 saturated heterocycles. The minimum Gasteiger partial charge on any atom is -0.378 e. The fourth-order valence-electron chi connectivity index (χ4n) is 4.54. The molecule has 1 aromatic rings. The molecule has 0 spiro atoms. The van der Waals surface area contributed by atoms with E-state index in [-0.39, 0.29) is 23.8 Å². The minimum atomic E-state index is -0.648. The van der Waals surface area contributed by atoms with Crippen LogP contribution in [-0.2, 0) is 19.1 Å². The van der Waals surface area contributed by atoms with Gasteiger partial charge in [-0.3, -0.25) is 9.59 Å². The van der Waals surface area contributed by atoms with Gasteiger partial charge in [-0.2, -0.15) is 0 Å². The van der Waals surface area contributed by atoms with Crippen molar-refractivity contribution < 1.29 is 19.1 Å². The van der Waals surface area contributed by atoms with E-state index in [0.717, 1.165) is 32.0 Å². The number of anilines is 2. The van der Waals surface area contributed by atoms with Crippen molar-refractivity contribution >= 4 is 23.2 Å². The van der Waals surface area contributed by atoms with Crippen molar-refractivity contribution in [3.8, 4) is 0 Å². The standard InChI is InChI=1S/C19H20N2O4/c1-19-7-6-14(25-19)15-16(19)18(23)21(17(15)22)13-4-2-12(3-5-13)20-8-10-24-11-9-20/h2-7,14-16H,8-11H2,1H3/t14-,15-,16-,19+/m0/s1. The predicted molar refractivity (Wildman–Crippen MR) is 91.4 cm³/mol. The van der Waals surface area contributed by atoms with Crippen molar-refractivity contribution in [1.29, 1.82) is 0 Å². The molecule has 6 heteroatoms. The summed E-state index contributed by atoms with van der Waals surface area (Å²) in [5.41, 5.74) is 1.08. The van der Waals surface area contributed by atoms with Crippen molar-refractivity contribution in [2.45, 2.75) is 18.6 Å². The first-order valence-electron chi connectivity index (χ1n) is 8.76. The van der Waals surface area contributed by atoms with Gasteiger partial charge in [0.05, 0.1) is 42.4 Å². The van der Waals surface area contributed by atoms with E-state index in [1.54, 1.807) is 0 Å². The molecule has 0 saturated carbocycles. The lowest BCUT2D eigenvalue weighted by Gasteiger charge is -2.29. The van der Waals surface area contributed by atoms with Crippen molar-refractivity contribution in [1.82, 2.24) is 0 Å². The van der Waals surface area contributed by atoms with Gasteiger partial charge in [-0.1, -0.05) is 12.2 Å². The highest BCUT2D eigenvalue weighted by atomic mass is 16.5. The first kappa shape index (κ1) is 15.1. The minimum absolute atomic E-state index is 0.146. The van der Waals surface area contributed by atoms with E-state index in [1.807, 2.05) is 43.3 Å². The second kappa shape index (κ2) is 5.16. The van der Waals surface area contributed by atoms with Crippen LogP contribution < -0.4 is 9.80 Å². The molecule has 2 amide bonds. The molecule has 6 nitrogen and oxygen atoms in total. The number of amides is 2. The number of fused-ring (bicyclic) bond motifs is 5. The highest BCUT2D eigenvalue weighted by Crippen LogP contribution is 2.52. The average molecular weight is 340 g/mol. The van der Waals surface area contributed by atoms with E-state index in [4.69, 9.17) is 9.47 Å². The quantitative estimate of drug-likeness (QED) is 0.601. The zero-order valence-electron chi connectivity index (χ0n) is 14.1. The molecule has 1 aromatic carbocycles. The molecule has 5 rings (SSSR count). The molecule has 0 radical (unpaired) electrons. The van der Waals surface area contributed by atoms with Gasteiger partial charge in [-0.05, 0) is 31.2 Å². The molecule has 130 valence electrons. The Balaban J connectivity index is 1.42. The van der Waals surface area contributed by atoms with Crippen LogP contribution in [-0.4, -0.2) is 49.8 Å². The second-order valence-electron chi connectivity index (χ2n) is 7.26. The molecule has 3 fully saturated rings. The summed E-state index contributed by atoms with van der Waals surface area (Å²) >= 11 is 0. The summed E-state index contributed by atoms with van der Waals surface area (Å²) in [6.07, 6.45) is 3.57. The molecule has 4 heterocycles. The van der Waals surface area contributed by atoms with E-state index < -0.39 is 11.5 Å². The number of morpholine rings is 1. The number of carbonyl (C=O) groups excluding carboxylic acids is 2. The maximum Gasteiger partial charge on any atom is 0.241 e. The van der Waals surface area contributed by atoms with Gasteiger partial charge in [0.25, 0.3) is 0 Å². The Kier molecular flexibility index (Phi) is 3.12. The SMILES string of the molecule is C[C@]12C=C[C@H](O1)[C@@H]1C(=O)N(c3ccc(N4CCOCC4)cc3)C(=O)[C@H]12. The van der Waals surface area contributed by atoms with Crippen LogP contribution in [0.4, 0.5) is 11.4 Å². The summed E-state index contributed by atoms with van der Waals surface area (Å²) in [5, 5.41) is 0. The van der Waals surface area contributed by atoms with Gasteiger partial charge in [0, 0.05) is 18.8 Å². The monoisotopic (exact) mass is 340 g/mol. The Labute approximate surface area is 146 Å². The molecule has 0 unspecified atom stereocenters. The highest BCUT2D eigenvalue weighted by Gasteiger charge is 2.66. The number of hydrogen-bond donors (Lipinski definition) is 0. The molecular weight excluding hydrogens is 320 g/mol. The third kappa shape index (κ3) is 2.04. The molecule has 0 N–H and O–H groups in total. The Hall–Kier alpha value is -2.18. The second-order valence-corrected chi connectivity index (χ2v) is 7.26. The third-order valence-corrected chi connectivity index (χ3v) is 5.81. The van der Waals surface area contributed by atoms with E-state index in [9.17, 15) is 9.59 Å². The number of hydrogen-bond acceptors (Lipinski definition) is 5. The molecule has 0 aliphatic carbocycles. The summed E-state index contributed by atoms with van der Waals surface area (Å²) < 4.78 is 11.2. The topological polar surface area (TPSA) is 59.1 Å². The van der Waals surface area contributed by atoms with Crippen LogP contribution in [0.2, 0.25) is 0 Å². The Morgan fingerprint density at radius 1 is 1.04 bits per heavy atom. The average Bonchev–Trinajstić information content (AvgIpc) is 3.25. The van der Waals surface area contributed by atoms with Crippen LogP contribution in [0.15, 0.2) is 36.4 Å². The maximum absolute atomic E-state index is 12.9. The highest BCUT2D eigenvalue weighted by molar-refractivity contribution is 6.23. The normalized spacial score (nSPS) is 36.4. The zero-order valence-corrected chi connectivity index (χ0v) is 14.1. The Morgan fingerprint density at radius 2 is 1.72 bits per heavy atom. The lowest BCUT2D eigenvalue weighted by atomic mass is 9.78. The van der Waals surface area contributed by atoms with Crippen molar-refractivity contribution in [2.75, 3.05) is 36.1 Å². The largest absolute Gasteiger partial charge is 0.378 e. The van der Waals surface area contributed by atoms with E-state index >= 15 is 0 Å². The van der Waals surface area contributed by atoms with Gasteiger partial charge in [-0.25, -0.2) is 4.90 Å². The van der Waals surface area contributed by atoms with Crippen molar-refractivity contribution in [3.05, 3.63) is 36.4 Å². The number of carbonyl (C=O) groups is 2. The van der Waals surface area contributed by atoms with E-state index in [0.29, 0.717) is 5.69 Å². The van der Waals surface area contributed by atoms with Gasteiger partial charge in [0.2, 0.25) is 11.8 Å². The third-order valence-electron chi connectivity index (χ3n) is 5.81. The molecule has 4 aliphatic rings. The van der Waals surface area contributed by atoms with Gasteiger partial charge in [0.15, 0.2) is 0 Å². The number of rotatable bonds is 2. The van der Waals surface area contributed by atoms with Gasteiger partial charge in [-0.15, -0.1) is 0 Å². The molecular formula is C19H20N2O4. The first-order valence-corrected chi connectivity index (χ1v) is 8.76. The summed E-state index contributed by atoms with van der Waals surface area (Å²) in [5.74, 6) is -1.09. The number of imide groups is 1. The van der Waals surface area contributed by atoms with Crippen molar-refractivity contribution in [3.63, 3.8) is 0 Å². The number of ether oxygens (including phenoxy) is 2. The van der Waals surface area contributed by atoms with Crippen LogP contribution in [0.3, 0.4) is 0 Å². The lowest BCUT2D eigenvalue weighted by Crippen LogP contribution is -2.38. The lowest BCUT2D eigenvalue weighted by molar-refractivity contribution is -0.126. The van der Waals surface area contributed by atoms with Crippen LogP contribution in [0, 0.1) is 11.8 Å². The summed E-state index contributed by atoms with van der Waals surface area (Å²) in [6, 6.07) is 7.67. The number of benzene rings is 1. The molecule has 25 heavy (non-hydrogen) atoms. The van der Waals surface area contributed by atoms with E-state index in [1.165, 1.54) is 4.90 Å². The van der Waals surface area contributed by atoms with Gasteiger partial charge >= 0.3 is 0 Å². The summed E-state index contributed by atoms with van der Waals surface area (Å²) in [6.45, 7) is 5.05. The molecule has 4 aliphatic heterocycles. The van der Waals surface area contributed by atoms with Crippen LogP contribution in [0.25, 0.3) is 0 Å². The summed E-state index contributed by atoms with van der Waals surface area (Å²) in [7, 11) is 0. The number of nitrogens with zero attached hydrogens (tertiary/aromatic N) is 2. The smallest absolute Gasteiger partial charge is 0.241 e. The molecule has 2 bridgehead atoms. The van der Waals surface area contributed by atoms with Gasteiger partial charge < -0.3 is 14.4 Å². The fraction of sp³-hybridized carbons (Fsp3) is 0.474. The van der Waals surface area contributed by atoms with Crippen LogP contribution in [0.1, 0.15) is 6.92 Å². The Morgan fingerprint density at radius 3 is 2.40 bits per heavy atom. The molecule has 4 atom stereocenters. The predicted octanol–water partition coefficient (Wildman–Crippen LogP) is 1.36.